The highest BCUT2D eigenvalue weighted by molar-refractivity contribution is 5.05. The van der Waals surface area contributed by atoms with Crippen molar-refractivity contribution in [1.29, 1.82) is 0 Å². The van der Waals surface area contributed by atoms with E-state index in [0.717, 1.165) is 11.5 Å². The fraction of sp³-hybridized carbons (Fsp3) is 0.667. The van der Waals surface area contributed by atoms with Crippen LogP contribution in [0.25, 0.3) is 0 Å². The Hall–Kier alpha value is -0.800. The molecule has 0 aliphatic rings. The number of ether oxygens (including phenoxy) is 2. The molecule has 0 saturated carbocycles. The highest BCUT2D eigenvalue weighted by Crippen LogP contribution is 2.14. The van der Waals surface area contributed by atoms with E-state index in [1.54, 1.807) is 0 Å². The first kappa shape index (κ1) is 12.3. The second kappa shape index (κ2) is 5.33. The van der Waals surface area contributed by atoms with Crippen LogP contribution >= 0.6 is 0 Å². The van der Waals surface area contributed by atoms with Gasteiger partial charge in [0, 0.05) is 6.61 Å². The summed E-state index contributed by atoms with van der Waals surface area (Å²) in [4.78, 5) is 0. The van der Waals surface area contributed by atoms with E-state index < -0.39 is 0 Å². The summed E-state index contributed by atoms with van der Waals surface area (Å²) in [6.45, 7) is 9.79. The Labute approximate surface area is 91.4 Å². The van der Waals surface area contributed by atoms with Crippen molar-refractivity contribution in [2.24, 2.45) is 0 Å². The molecule has 0 aliphatic carbocycles. The van der Waals surface area contributed by atoms with Crippen LogP contribution in [0.15, 0.2) is 16.5 Å². The summed E-state index contributed by atoms with van der Waals surface area (Å²) < 4.78 is 16.4. The molecule has 15 heavy (non-hydrogen) atoms. The molecule has 0 N–H and O–H groups in total. The molecule has 0 aliphatic heterocycles. The smallest absolute Gasteiger partial charge is 0.130 e. The van der Waals surface area contributed by atoms with Crippen molar-refractivity contribution in [2.45, 2.75) is 46.5 Å². The fourth-order valence-electron chi connectivity index (χ4n) is 1.07. The Morgan fingerprint density at radius 3 is 2.27 bits per heavy atom. The Morgan fingerprint density at radius 1 is 1.13 bits per heavy atom. The van der Waals surface area contributed by atoms with Gasteiger partial charge in [-0.25, -0.2) is 0 Å². The lowest BCUT2D eigenvalue weighted by Gasteiger charge is -2.18. The Balaban J connectivity index is 2.39. The van der Waals surface area contributed by atoms with Gasteiger partial charge in [-0.3, -0.25) is 0 Å². The van der Waals surface area contributed by atoms with E-state index >= 15 is 0 Å². The minimum Gasteiger partial charge on any atom is -0.461 e. The van der Waals surface area contributed by atoms with Gasteiger partial charge in [-0.2, -0.15) is 0 Å². The van der Waals surface area contributed by atoms with Crippen molar-refractivity contribution in [3.05, 3.63) is 23.7 Å². The van der Waals surface area contributed by atoms with Gasteiger partial charge in [-0.1, -0.05) is 0 Å². The van der Waals surface area contributed by atoms with E-state index in [-0.39, 0.29) is 5.60 Å². The highest BCUT2D eigenvalue weighted by atomic mass is 16.5. The molecule has 1 aromatic heterocycles. The lowest BCUT2D eigenvalue weighted by molar-refractivity contribution is -0.0233. The third-order valence-electron chi connectivity index (χ3n) is 1.81. The Kier molecular flexibility index (Phi) is 4.36. The normalized spacial score (nSPS) is 12.0. The summed E-state index contributed by atoms with van der Waals surface area (Å²) in [6.07, 6.45) is 0. The monoisotopic (exact) mass is 212 g/mol. The first-order chi connectivity index (χ1) is 7.01. The van der Waals surface area contributed by atoms with Gasteiger partial charge in [0.2, 0.25) is 0 Å². The molecule has 1 aromatic rings. The molecule has 3 heteroatoms. The van der Waals surface area contributed by atoms with E-state index in [2.05, 4.69) is 0 Å². The molecule has 0 spiro atoms. The van der Waals surface area contributed by atoms with Crippen LogP contribution in [0, 0.1) is 0 Å². The summed E-state index contributed by atoms with van der Waals surface area (Å²) in [5.74, 6) is 1.70. The maximum atomic E-state index is 5.60. The predicted molar refractivity (Wildman–Crippen MR) is 58.6 cm³/mol. The first-order valence-corrected chi connectivity index (χ1v) is 5.30. The van der Waals surface area contributed by atoms with Crippen LogP contribution in [-0.2, 0) is 22.7 Å². The second-order valence-corrected chi connectivity index (χ2v) is 4.41. The molecule has 0 amide bonds. The number of hydrogen-bond donors (Lipinski definition) is 0. The van der Waals surface area contributed by atoms with Crippen LogP contribution in [0.4, 0.5) is 0 Å². The lowest BCUT2D eigenvalue weighted by atomic mass is 10.2. The maximum absolute atomic E-state index is 5.60. The van der Waals surface area contributed by atoms with E-state index in [9.17, 15) is 0 Å². The van der Waals surface area contributed by atoms with E-state index in [0.29, 0.717) is 19.8 Å². The molecule has 0 unspecified atom stereocenters. The zero-order chi connectivity index (χ0) is 11.3. The topological polar surface area (TPSA) is 31.6 Å². The summed E-state index contributed by atoms with van der Waals surface area (Å²) in [7, 11) is 0. The number of furan rings is 1. The van der Waals surface area contributed by atoms with E-state index in [1.165, 1.54) is 0 Å². The van der Waals surface area contributed by atoms with Crippen molar-refractivity contribution in [3.8, 4) is 0 Å². The molecule has 0 atom stereocenters. The molecular formula is C12H20O3. The average molecular weight is 212 g/mol. The summed E-state index contributed by atoms with van der Waals surface area (Å²) in [5.41, 5.74) is -0.132. The third-order valence-corrected chi connectivity index (χ3v) is 1.81. The molecule has 0 saturated heterocycles. The van der Waals surface area contributed by atoms with Crippen LogP contribution in [0.3, 0.4) is 0 Å². The van der Waals surface area contributed by atoms with Crippen molar-refractivity contribution in [2.75, 3.05) is 6.61 Å². The van der Waals surface area contributed by atoms with Gasteiger partial charge in [-0.15, -0.1) is 0 Å². The number of hydrogen-bond acceptors (Lipinski definition) is 3. The predicted octanol–water partition coefficient (Wildman–Crippen LogP) is 3.13. The van der Waals surface area contributed by atoms with Crippen LogP contribution < -0.4 is 0 Å². The lowest BCUT2D eigenvalue weighted by Crippen LogP contribution is -2.18. The molecule has 0 bridgehead atoms. The van der Waals surface area contributed by atoms with Crippen LogP contribution in [-0.4, -0.2) is 12.2 Å². The van der Waals surface area contributed by atoms with Gasteiger partial charge in [-0.05, 0) is 39.8 Å². The zero-order valence-electron chi connectivity index (χ0n) is 10.0. The van der Waals surface area contributed by atoms with Crippen LogP contribution in [0.1, 0.15) is 39.2 Å². The molecule has 0 radical (unpaired) electrons. The van der Waals surface area contributed by atoms with Crippen molar-refractivity contribution >= 4 is 0 Å². The zero-order valence-corrected chi connectivity index (χ0v) is 10.0. The molecule has 0 fully saturated rings. The van der Waals surface area contributed by atoms with Gasteiger partial charge in [0.25, 0.3) is 0 Å². The molecular weight excluding hydrogens is 192 g/mol. The quantitative estimate of drug-likeness (QED) is 0.751. The molecule has 86 valence electrons. The summed E-state index contributed by atoms with van der Waals surface area (Å²) >= 11 is 0. The second-order valence-electron chi connectivity index (χ2n) is 4.41. The largest absolute Gasteiger partial charge is 0.461 e. The molecule has 3 nitrogen and oxygen atoms in total. The van der Waals surface area contributed by atoms with Crippen molar-refractivity contribution < 1.29 is 13.9 Å². The number of rotatable bonds is 5. The third kappa shape index (κ3) is 5.00. The van der Waals surface area contributed by atoms with Crippen LogP contribution in [0.5, 0.6) is 0 Å². The van der Waals surface area contributed by atoms with Crippen molar-refractivity contribution in [1.82, 2.24) is 0 Å². The standard InChI is InChI=1S/C12H20O3/c1-5-13-8-10-6-7-11(15-10)9-14-12(2,3)4/h6-7H,5,8-9H2,1-4H3. The summed E-state index contributed by atoms with van der Waals surface area (Å²) in [5, 5.41) is 0. The fourth-order valence-corrected chi connectivity index (χ4v) is 1.07. The van der Waals surface area contributed by atoms with E-state index in [4.69, 9.17) is 13.9 Å². The Bertz CT molecular complexity index is 283. The maximum Gasteiger partial charge on any atom is 0.130 e. The molecule has 0 aromatic carbocycles. The van der Waals surface area contributed by atoms with E-state index in [1.807, 2.05) is 39.8 Å². The highest BCUT2D eigenvalue weighted by Gasteiger charge is 2.11. The van der Waals surface area contributed by atoms with Gasteiger partial charge in [0.15, 0.2) is 0 Å². The van der Waals surface area contributed by atoms with Gasteiger partial charge in [0.1, 0.15) is 24.7 Å². The Morgan fingerprint density at radius 2 is 1.73 bits per heavy atom. The summed E-state index contributed by atoms with van der Waals surface area (Å²) in [6, 6.07) is 3.86. The molecule has 1 rings (SSSR count). The first-order valence-electron chi connectivity index (χ1n) is 5.30. The minimum atomic E-state index is -0.132. The van der Waals surface area contributed by atoms with Gasteiger partial charge >= 0.3 is 0 Å². The van der Waals surface area contributed by atoms with Gasteiger partial charge in [0.05, 0.1) is 5.60 Å². The van der Waals surface area contributed by atoms with Crippen LogP contribution in [0.2, 0.25) is 0 Å². The SMILES string of the molecule is CCOCc1ccc(COC(C)(C)C)o1. The van der Waals surface area contributed by atoms with Crippen molar-refractivity contribution in [3.63, 3.8) is 0 Å². The minimum absolute atomic E-state index is 0.132. The average Bonchev–Trinajstić information content (AvgIpc) is 2.58. The molecule has 1 heterocycles. The van der Waals surface area contributed by atoms with Gasteiger partial charge < -0.3 is 13.9 Å².